The summed E-state index contributed by atoms with van der Waals surface area (Å²) >= 11 is 1.55. The maximum absolute atomic E-state index is 12.4. The van der Waals surface area contributed by atoms with E-state index in [1.165, 1.54) is 0 Å². The first-order valence-electron chi connectivity index (χ1n) is 8.09. The van der Waals surface area contributed by atoms with Crippen molar-refractivity contribution in [3.8, 4) is 0 Å². The monoisotopic (exact) mass is 353 g/mol. The van der Waals surface area contributed by atoms with Crippen LogP contribution in [0.4, 0.5) is 10.5 Å². The van der Waals surface area contributed by atoms with Crippen molar-refractivity contribution in [1.29, 1.82) is 0 Å². The Balaban J connectivity index is 1.77. The van der Waals surface area contributed by atoms with Crippen LogP contribution in [0.2, 0.25) is 0 Å². The predicted octanol–water partition coefficient (Wildman–Crippen LogP) is 1.30. The fraction of sp³-hybridized carbons (Fsp3) is 0.625. The lowest BCUT2D eigenvalue weighted by Crippen LogP contribution is -2.62. The average molecular weight is 353 g/mol. The van der Waals surface area contributed by atoms with E-state index < -0.39 is 5.60 Å². The average Bonchev–Trinajstić information content (AvgIpc) is 2.98. The second kappa shape index (κ2) is 7.08. The van der Waals surface area contributed by atoms with Crippen LogP contribution in [0, 0.1) is 0 Å². The third-order valence-electron chi connectivity index (χ3n) is 4.12. The van der Waals surface area contributed by atoms with Crippen molar-refractivity contribution < 1.29 is 19.1 Å². The van der Waals surface area contributed by atoms with Crippen molar-refractivity contribution in [2.75, 3.05) is 44.4 Å². The summed E-state index contributed by atoms with van der Waals surface area (Å²) < 4.78 is 11.6. The van der Waals surface area contributed by atoms with E-state index in [0.29, 0.717) is 32.8 Å². The van der Waals surface area contributed by atoms with Gasteiger partial charge in [0, 0.05) is 18.0 Å². The number of carbonyl (C=O) groups is 2. The van der Waals surface area contributed by atoms with Gasteiger partial charge in [0.15, 0.2) is 0 Å². The molecule has 1 atom stereocenters. The molecular formula is C16H23N3O4S. The van der Waals surface area contributed by atoms with Gasteiger partial charge in [-0.3, -0.25) is 4.79 Å². The van der Waals surface area contributed by atoms with Crippen LogP contribution in [-0.4, -0.2) is 67.9 Å². The Kier molecular flexibility index (Phi) is 5.07. The van der Waals surface area contributed by atoms with Gasteiger partial charge in [-0.15, -0.1) is 0 Å². The van der Waals surface area contributed by atoms with Crippen LogP contribution < -0.4 is 10.2 Å². The molecule has 24 heavy (non-hydrogen) atoms. The highest BCUT2D eigenvalue weighted by Crippen LogP contribution is 2.28. The maximum atomic E-state index is 12.4. The fourth-order valence-corrected chi connectivity index (χ4v) is 3.60. The summed E-state index contributed by atoms with van der Waals surface area (Å²) in [7, 11) is 0. The lowest BCUT2D eigenvalue weighted by Gasteiger charge is -2.42. The number of ether oxygens (including phenoxy) is 2. The Morgan fingerprint density at radius 3 is 2.96 bits per heavy atom. The van der Waals surface area contributed by atoms with Crippen molar-refractivity contribution in [3.05, 3.63) is 16.8 Å². The highest BCUT2D eigenvalue weighted by atomic mass is 32.1. The minimum Gasteiger partial charge on any atom is -0.376 e. The summed E-state index contributed by atoms with van der Waals surface area (Å²) in [4.78, 5) is 28.1. The van der Waals surface area contributed by atoms with Gasteiger partial charge < -0.3 is 24.6 Å². The summed E-state index contributed by atoms with van der Waals surface area (Å²) in [6.45, 7) is 5.98. The molecule has 132 valence electrons. The van der Waals surface area contributed by atoms with E-state index in [1.54, 1.807) is 21.1 Å². The second-order valence-corrected chi connectivity index (χ2v) is 7.29. The van der Waals surface area contributed by atoms with Crippen LogP contribution in [-0.2, 0) is 14.3 Å². The molecular weight excluding hydrogens is 330 g/mol. The molecule has 2 saturated heterocycles. The van der Waals surface area contributed by atoms with Gasteiger partial charge in [0.2, 0.25) is 0 Å². The number of carbonyl (C=O) groups excluding carboxylic acids is 2. The fourth-order valence-electron chi connectivity index (χ4n) is 2.96. The van der Waals surface area contributed by atoms with Gasteiger partial charge in [0.25, 0.3) is 5.91 Å². The molecule has 8 heteroatoms. The summed E-state index contributed by atoms with van der Waals surface area (Å²) in [5.41, 5.74) is 0.177. The topological polar surface area (TPSA) is 71.1 Å². The van der Waals surface area contributed by atoms with Crippen molar-refractivity contribution >= 4 is 29.0 Å². The predicted molar refractivity (Wildman–Crippen MR) is 91.4 cm³/mol. The van der Waals surface area contributed by atoms with Crippen LogP contribution in [0.1, 0.15) is 13.8 Å². The molecule has 0 aliphatic carbocycles. The molecule has 1 aromatic heterocycles. The van der Waals surface area contributed by atoms with Crippen LogP contribution in [0.5, 0.6) is 0 Å². The highest BCUT2D eigenvalue weighted by Gasteiger charge is 2.44. The Morgan fingerprint density at radius 2 is 2.25 bits per heavy atom. The molecule has 0 radical (unpaired) electrons. The second-order valence-electron chi connectivity index (χ2n) is 6.51. The zero-order chi connectivity index (χ0) is 17.2. The summed E-state index contributed by atoms with van der Waals surface area (Å²) in [6.07, 6.45) is 0. The number of urea groups is 1. The van der Waals surface area contributed by atoms with Gasteiger partial charge >= 0.3 is 6.03 Å². The molecule has 0 unspecified atom stereocenters. The van der Waals surface area contributed by atoms with E-state index in [1.807, 2.05) is 30.7 Å². The van der Waals surface area contributed by atoms with Gasteiger partial charge in [-0.25, -0.2) is 4.79 Å². The molecule has 3 rings (SSSR count). The Morgan fingerprint density at radius 1 is 1.42 bits per heavy atom. The minimum absolute atomic E-state index is 0.00114. The van der Waals surface area contributed by atoms with E-state index in [2.05, 4.69) is 5.32 Å². The molecule has 1 aromatic rings. The number of morpholine rings is 1. The normalized spacial score (nSPS) is 25.2. The third-order valence-corrected chi connectivity index (χ3v) is 4.79. The first kappa shape index (κ1) is 17.2. The van der Waals surface area contributed by atoms with Gasteiger partial charge in [0.1, 0.15) is 12.2 Å². The maximum Gasteiger partial charge on any atom is 0.317 e. The molecule has 2 aliphatic rings. The molecule has 1 N–H and O–H groups in total. The Bertz CT molecular complexity index is 592. The SMILES string of the molecule is CC(C)NC(=O)N1CCOC[C@@]2(C1)CN(c1ccsc1)C(=O)CO2. The lowest BCUT2D eigenvalue weighted by atomic mass is 10.0. The van der Waals surface area contributed by atoms with E-state index in [9.17, 15) is 9.59 Å². The molecule has 0 aromatic carbocycles. The zero-order valence-corrected chi connectivity index (χ0v) is 14.8. The molecule has 0 saturated carbocycles. The van der Waals surface area contributed by atoms with Crippen LogP contribution >= 0.6 is 11.3 Å². The smallest absolute Gasteiger partial charge is 0.317 e. The minimum atomic E-state index is -0.694. The Labute approximate surface area is 145 Å². The van der Waals surface area contributed by atoms with E-state index in [4.69, 9.17) is 9.47 Å². The van der Waals surface area contributed by atoms with E-state index >= 15 is 0 Å². The number of amides is 3. The highest BCUT2D eigenvalue weighted by molar-refractivity contribution is 7.08. The van der Waals surface area contributed by atoms with Gasteiger partial charge in [-0.1, -0.05) is 0 Å². The standard InChI is InChI=1S/C16H23N3O4S/c1-12(2)17-15(21)18-4-5-22-11-16(9-18)10-19(14(20)7-23-16)13-3-6-24-8-13/h3,6,8,12H,4-5,7,9-11H2,1-2H3,(H,17,21)/t16-/m1/s1. The number of anilines is 1. The molecule has 3 amide bonds. The number of thiophene rings is 1. The molecule has 1 spiro atoms. The molecule has 2 aliphatic heterocycles. The van der Waals surface area contributed by atoms with Gasteiger partial charge in [-0.2, -0.15) is 11.3 Å². The third kappa shape index (κ3) is 3.71. The number of rotatable bonds is 2. The number of nitrogens with one attached hydrogen (secondary N) is 1. The number of nitrogens with zero attached hydrogens (tertiary/aromatic N) is 2. The van der Waals surface area contributed by atoms with E-state index in [-0.39, 0.29) is 24.6 Å². The van der Waals surface area contributed by atoms with Crippen molar-refractivity contribution in [2.24, 2.45) is 0 Å². The van der Waals surface area contributed by atoms with Crippen molar-refractivity contribution in [3.63, 3.8) is 0 Å². The van der Waals surface area contributed by atoms with Crippen LogP contribution in [0.25, 0.3) is 0 Å². The largest absolute Gasteiger partial charge is 0.376 e. The van der Waals surface area contributed by atoms with Gasteiger partial charge in [0.05, 0.1) is 32.0 Å². The summed E-state index contributed by atoms with van der Waals surface area (Å²) in [5, 5.41) is 6.79. The number of hydrogen-bond acceptors (Lipinski definition) is 5. The van der Waals surface area contributed by atoms with Gasteiger partial charge in [-0.05, 0) is 25.3 Å². The molecule has 7 nitrogen and oxygen atoms in total. The lowest BCUT2D eigenvalue weighted by molar-refractivity contribution is -0.145. The van der Waals surface area contributed by atoms with Crippen molar-refractivity contribution in [1.82, 2.24) is 10.2 Å². The quantitative estimate of drug-likeness (QED) is 0.870. The molecule has 2 fully saturated rings. The van der Waals surface area contributed by atoms with Crippen molar-refractivity contribution in [2.45, 2.75) is 25.5 Å². The zero-order valence-electron chi connectivity index (χ0n) is 14.0. The first-order chi connectivity index (χ1) is 11.5. The van der Waals surface area contributed by atoms with E-state index in [0.717, 1.165) is 5.69 Å². The Hall–Kier alpha value is -1.64. The van der Waals surface area contributed by atoms with Crippen LogP contribution in [0.3, 0.4) is 0 Å². The summed E-state index contributed by atoms with van der Waals surface area (Å²) in [6, 6.07) is 1.86. The van der Waals surface area contributed by atoms with Crippen LogP contribution in [0.15, 0.2) is 16.8 Å². The number of hydrogen-bond donors (Lipinski definition) is 1. The molecule has 0 bridgehead atoms. The summed E-state index contributed by atoms with van der Waals surface area (Å²) in [5.74, 6) is -0.0681. The molecule has 3 heterocycles. The first-order valence-corrected chi connectivity index (χ1v) is 9.03.